The highest BCUT2D eigenvalue weighted by Gasteiger charge is 2.13. The van der Waals surface area contributed by atoms with Gasteiger partial charge in [-0.05, 0) is 30.7 Å². The Kier molecular flexibility index (Phi) is 7.19. The van der Waals surface area contributed by atoms with E-state index in [0.717, 1.165) is 19.3 Å². The first kappa shape index (κ1) is 15.7. The summed E-state index contributed by atoms with van der Waals surface area (Å²) in [6.07, 6.45) is 2.94. The minimum Gasteiger partial charge on any atom is -0.396 e. The van der Waals surface area contributed by atoms with E-state index in [-0.39, 0.29) is 24.3 Å². The van der Waals surface area contributed by atoms with Crippen LogP contribution in [-0.2, 0) is 11.2 Å². The van der Waals surface area contributed by atoms with Crippen LogP contribution in [0.3, 0.4) is 0 Å². The van der Waals surface area contributed by atoms with E-state index in [1.54, 1.807) is 0 Å². The fraction of sp³-hybridized carbons (Fsp3) is 0.562. The molecule has 1 aromatic rings. The van der Waals surface area contributed by atoms with Crippen LogP contribution < -0.4 is 5.32 Å². The Balaban J connectivity index is 2.19. The maximum atomic E-state index is 11.8. The highest BCUT2D eigenvalue weighted by Crippen LogP contribution is 2.10. The molecule has 106 valence electrons. The second-order valence-corrected chi connectivity index (χ2v) is 5.31. The second kappa shape index (κ2) is 8.70. The van der Waals surface area contributed by atoms with Crippen molar-refractivity contribution in [3.05, 3.63) is 35.9 Å². The number of carbonyl (C=O) groups is 1. The summed E-state index contributed by atoms with van der Waals surface area (Å²) >= 11 is 0. The number of aliphatic hydroxyl groups is 1. The molecule has 0 aromatic heterocycles. The van der Waals surface area contributed by atoms with Crippen LogP contribution in [0.25, 0.3) is 0 Å². The smallest absolute Gasteiger partial charge is 0.222 e. The van der Waals surface area contributed by atoms with Crippen LogP contribution in [0.1, 0.15) is 32.3 Å². The van der Waals surface area contributed by atoms with Gasteiger partial charge in [0.1, 0.15) is 0 Å². The van der Waals surface area contributed by atoms with Crippen molar-refractivity contribution < 1.29 is 9.90 Å². The third-order valence-corrected chi connectivity index (χ3v) is 3.33. The lowest BCUT2D eigenvalue weighted by molar-refractivity contribution is -0.124. The van der Waals surface area contributed by atoms with Crippen molar-refractivity contribution in [2.75, 3.05) is 13.2 Å². The molecule has 1 aromatic carbocycles. The monoisotopic (exact) mass is 263 g/mol. The van der Waals surface area contributed by atoms with Crippen molar-refractivity contribution in [3.63, 3.8) is 0 Å². The molecule has 2 unspecified atom stereocenters. The van der Waals surface area contributed by atoms with Gasteiger partial charge in [-0.25, -0.2) is 0 Å². The topological polar surface area (TPSA) is 49.3 Å². The normalized spacial score (nSPS) is 13.8. The molecule has 1 rings (SSSR count). The second-order valence-electron chi connectivity index (χ2n) is 5.31. The molecule has 2 N–H and O–H groups in total. The average molecular weight is 263 g/mol. The Bertz CT molecular complexity index is 364. The quantitative estimate of drug-likeness (QED) is 0.756. The minimum absolute atomic E-state index is 0.0367. The van der Waals surface area contributed by atoms with Crippen LogP contribution in [0.5, 0.6) is 0 Å². The molecular formula is C16H25NO2. The van der Waals surface area contributed by atoms with Crippen molar-refractivity contribution >= 4 is 5.91 Å². The van der Waals surface area contributed by atoms with Crippen molar-refractivity contribution in [3.8, 4) is 0 Å². The number of aliphatic hydroxyl groups excluding tert-OH is 1. The van der Waals surface area contributed by atoms with Gasteiger partial charge < -0.3 is 10.4 Å². The molecule has 0 saturated heterocycles. The van der Waals surface area contributed by atoms with E-state index in [0.29, 0.717) is 6.54 Å². The molecule has 0 saturated carbocycles. The summed E-state index contributed by atoms with van der Waals surface area (Å²) in [6, 6.07) is 10.3. The van der Waals surface area contributed by atoms with Gasteiger partial charge >= 0.3 is 0 Å². The molecule has 0 aliphatic rings. The van der Waals surface area contributed by atoms with Gasteiger partial charge in [-0.2, -0.15) is 0 Å². The molecule has 0 heterocycles. The lowest BCUT2D eigenvalue weighted by atomic mass is 10.00. The van der Waals surface area contributed by atoms with E-state index < -0.39 is 0 Å². The Morgan fingerprint density at radius 2 is 1.95 bits per heavy atom. The summed E-state index contributed by atoms with van der Waals surface area (Å²) in [5, 5.41) is 11.8. The summed E-state index contributed by atoms with van der Waals surface area (Å²) in [7, 11) is 0. The lowest BCUT2D eigenvalue weighted by Crippen LogP contribution is -2.33. The molecular weight excluding hydrogens is 238 g/mol. The van der Waals surface area contributed by atoms with Crippen LogP contribution >= 0.6 is 0 Å². The van der Waals surface area contributed by atoms with Crippen LogP contribution in [-0.4, -0.2) is 24.2 Å². The largest absolute Gasteiger partial charge is 0.396 e. The third-order valence-electron chi connectivity index (χ3n) is 3.33. The van der Waals surface area contributed by atoms with Gasteiger partial charge in [-0.1, -0.05) is 44.2 Å². The van der Waals surface area contributed by atoms with E-state index in [4.69, 9.17) is 5.11 Å². The highest BCUT2D eigenvalue weighted by atomic mass is 16.3. The third kappa shape index (κ3) is 6.39. The van der Waals surface area contributed by atoms with Gasteiger partial charge in [0.05, 0.1) is 0 Å². The number of nitrogens with one attached hydrogen (secondary N) is 1. The highest BCUT2D eigenvalue weighted by molar-refractivity contribution is 5.78. The fourth-order valence-electron chi connectivity index (χ4n) is 1.90. The summed E-state index contributed by atoms with van der Waals surface area (Å²) in [4.78, 5) is 11.8. The fourth-order valence-corrected chi connectivity index (χ4v) is 1.90. The zero-order valence-corrected chi connectivity index (χ0v) is 11.9. The molecule has 3 nitrogen and oxygen atoms in total. The molecule has 0 bridgehead atoms. The Hall–Kier alpha value is -1.35. The van der Waals surface area contributed by atoms with Crippen LogP contribution in [0.4, 0.5) is 0 Å². The van der Waals surface area contributed by atoms with Crippen molar-refractivity contribution in [1.82, 2.24) is 5.32 Å². The Morgan fingerprint density at radius 3 is 2.58 bits per heavy atom. The van der Waals surface area contributed by atoms with E-state index in [9.17, 15) is 4.79 Å². The number of carbonyl (C=O) groups excluding carboxylic acids is 1. The molecule has 0 radical (unpaired) electrons. The number of amides is 1. The van der Waals surface area contributed by atoms with Crippen molar-refractivity contribution in [2.45, 2.75) is 33.1 Å². The summed E-state index contributed by atoms with van der Waals surface area (Å²) in [5.74, 6) is 0.253. The maximum Gasteiger partial charge on any atom is 0.222 e. The van der Waals surface area contributed by atoms with E-state index in [2.05, 4.69) is 17.4 Å². The molecule has 19 heavy (non-hydrogen) atoms. The first-order valence-corrected chi connectivity index (χ1v) is 7.06. The van der Waals surface area contributed by atoms with Crippen LogP contribution in [0.15, 0.2) is 30.3 Å². The number of hydrogen-bond donors (Lipinski definition) is 2. The van der Waals surface area contributed by atoms with Crippen LogP contribution in [0, 0.1) is 11.8 Å². The average Bonchev–Trinajstić information content (AvgIpc) is 2.45. The molecule has 1 amide bonds. The predicted octanol–water partition coefficient (Wildman–Crippen LogP) is 2.39. The van der Waals surface area contributed by atoms with E-state index in [1.165, 1.54) is 5.56 Å². The van der Waals surface area contributed by atoms with E-state index in [1.807, 2.05) is 32.0 Å². The van der Waals surface area contributed by atoms with Gasteiger partial charge in [0.25, 0.3) is 0 Å². The summed E-state index contributed by atoms with van der Waals surface area (Å²) < 4.78 is 0. The number of hydrogen-bond acceptors (Lipinski definition) is 2. The zero-order valence-electron chi connectivity index (χ0n) is 11.9. The van der Waals surface area contributed by atoms with Crippen molar-refractivity contribution in [2.24, 2.45) is 11.8 Å². The number of rotatable bonds is 8. The summed E-state index contributed by atoms with van der Waals surface area (Å²) in [5.41, 5.74) is 1.32. The predicted molar refractivity (Wildman–Crippen MR) is 77.8 cm³/mol. The number of aryl methyl sites for hydroxylation is 1. The maximum absolute atomic E-state index is 11.8. The SMILES string of the molecule is CC(CO)CNC(=O)C(C)CCCc1ccccc1. The first-order valence-electron chi connectivity index (χ1n) is 7.06. The van der Waals surface area contributed by atoms with Gasteiger partial charge in [-0.3, -0.25) is 4.79 Å². The van der Waals surface area contributed by atoms with Gasteiger partial charge in [0.15, 0.2) is 0 Å². The lowest BCUT2D eigenvalue weighted by Gasteiger charge is -2.14. The molecule has 2 atom stereocenters. The Labute approximate surface area is 116 Å². The minimum atomic E-state index is 0.0367. The van der Waals surface area contributed by atoms with Crippen LogP contribution in [0.2, 0.25) is 0 Å². The number of benzene rings is 1. The molecule has 0 spiro atoms. The Morgan fingerprint density at radius 1 is 1.26 bits per heavy atom. The summed E-state index contributed by atoms with van der Waals surface area (Å²) in [6.45, 7) is 4.55. The van der Waals surface area contributed by atoms with Gasteiger partial charge in [0, 0.05) is 19.1 Å². The molecule has 0 aliphatic heterocycles. The molecule has 0 fully saturated rings. The zero-order chi connectivity index (χ0) is 14.1. The standard InChI is InChI=1S/C16H25NO2/c1-13(12-18)11-17-16(19)14(2)7-6-10-15-8-4-3-5-9-15/h3-5,8-9,13-14,18H,6-7,10-12H2,1-2H3,(H,17,19). The molecule has 0 aliphatic carbocycles. The van der Waals surface area contributed by atoms with Crippen molar-refractivity contribution in [1.29, 1.82) is 0 Å². The van der Waals surface area contributed by atoms with Gasteiger partial charge in [0.2, 0.25) is 5.91 Å². The van der Waals surface area contributed by atoms with Gasteiger partial charge in [-0.15, -0.1) is 0 Å². The van der Waals surface area contributed by atoms with E-state index >= 15 is 0 Å². The first-order chi connectivity index (χ1) is 9.13. The molecule has 3 heteroatoms.